The molecule has 0 N–H and O–H groups in total. The second-order valence-electron chi connectivity index (χ2n) is 11.8. The number of fused-ring (bicyclic) bond motifs is 2. The molecule has 7 rings (SSSR count). The van der Waals surface area contributed by atoms with Crippen molar-refractivity contribution in [2.45, 2.75) is 61.9 Å². The molecule has 10 nitrogen and oxygen atoms in total. The number of halogens is 4. The first-order valence-corrected chi connectivity index (χ1v) is 15.8. The molecule has 3 aromatic heterocycles. The van der Waals surface area contributed by atoms with Gasteiger partial charge in [-0.15, -0.1) is 5.10 Å². The van der Waals surface area contributed by atoms with Gasteiger partial charge in [0.2, 0.25) is 0 Å². The fourth-order valence-electron chi connectivity index (χ4n) is 6.62. The van der Waals surface area contributed by atoms with Gasteiger partial charge in [0.05, 0.1) is 28.6 Å². The van der Waals surface area contributed by atoms with Crippen LogP contribution in [0.15, 0.2) is 65.8 Å². The Labute approximate surface area is 255 Å². The van der Waals surface area contributed by atoms with E-state index in [9.17, 15) is 30.8 Å². The molecule has 3 aliphatic carbocycles. The summed E-state index contributed by atoms with van der Waals surface area (Å²) < 4.78 is 86.8. The fraction of sp³-hybridized carbons (Fsp3) is 0.367. The summed E-state index contributed by atoms with van der Waals surface area (Å²) in [6, 6.07) is 6.37. The third-order valence-corrected chi connectivity index (χ3v) is 10.6. The predicted molar refractivity (Wildman–Crippen MR) is 152 cm³/mol. The van der Waals surface area contributed by atoms with Crippen molar-refractivity contribution in [2.24, 2.45) is 12.5 Å². The van der Waals surface area contributed by atoms with Crippen molar-refractivity contribution >= 4 is 21.9 Å². The van der Waals surface area contributed by atoms with Gasteiger partial charge in [-0.3, -0.25) is 14.5 Å². The van der Waals surface area contributed by atoms with Gasteiger partial charge in [0.25, 0.3) is 15.2 Å². The minimum absolute atomic E-state index is 0.0271. The van der Waals surface area contributed by atoms with Crippen molar-refractivity contribution in [1.29, 1.82) is 0 Å². The van der Waals surface area contributed by atoms with E-state index in [-0.39, 0.29) is 29.7 Å². The van der Waals surface area contributed by atoms with Crippen LogP contribution in [0.1, 0.15) is 59.4 Å². The van der Waals surface area contributed by atoms with Gasteiger partial charge in [0.1, 0.15) is 17.8 Å². The summed E-state index contributed by atoms with van der Waals surface area (Å²) in [4.78, 5) is 22.5. The highest BCUT2D eigenvalue weighted by Gasteiger charge is 2.54. The van der Waals surface area contributed by atoms with E-state index in [1.807, 2.05) is 6.08 Å². The number of pyridine rings is 1. The average Bonchev–Trinajstić information content (AvgIpc) is 3.59. The number of allylic oxidation sites excluding steroid dienone is 1. The van der Waals surface area contributed by atoms with Crippen molar-refractivity contribution in [3.63, 3.8) is 0 Å². The number of nitrogens with zero attached hydrogens (tertiary/aromatic N) is 7. The summed E-state index contributed by atoms with van der Waals surface area (Å²) in [7, 11) is -2.58. The highest BCUT2D eigenvalue weighted by Crippen LogP contribution is 2.52. The molecule has 0 saturated heterocycles. The minimum atomic E-state index is -4.69. The quantitative estimate of drug-likeness (QED) is 0.211. The highest BCUT2D eigenvalue weighted by molar-refractivity contribution is 7.89. The summed E-state index contributed by atoms with van der Waals surface area (Å²) in [5.74, 6) is -1.03. The molecule has 4 aromatic rings. The molecule has 15 heteroatoms. The molecule has 0 radical (unpaired) electrons. The van der Waals surface area contributed by atoms with Crippen LogP contribution in [-0.4, -0.2) is 60.1 Å². The van der Waals surface area contributed by atoms with Gasteiger partial charge in [-0.2, -0.15) is 22.6 Å². The van der Waals surface area contributed by atoms with Crippen LogP contribution in [0, 0.1) is 11.2 Å². The number of aryl methyl sites for hydroxylation is 1. The van der Waals surface area contributed by atoms with Crippen LogP contribution in [-0.2, 0) is 29.7 Å². The number of carbonyl (C=O) groups is 1. The number of sulfonamides is 1. The van der Waals surface area contributed by atoms with Gasteiger partial charge >= 0.3 is 6.18 Å². The van der Waals surface area contributed by atoms with Crippen LogP contribution in [0.2, 0.25) is 0 Å². The Morgan fingerprint density at radius 1 is 1.07 bits per heavy atom. The van der Waals surface area contributed by atoms with Gasteiger partial charge in [-0.25, -0.2) is 22.5 Å². The first-order chi connectivity index (χ1) is 21.4. The van der Waals surface area contributed by atoms with Crippen LogP contribution < -0.4 is 0 Å². The normalized spacial score (nSPS) is 21.7. The van der Waals surface area contributed by atoms with E-state index in [1.165, 1.54) is 27.4 Å². The maximum absolute atomic E-state index is 14.5. The predicted octanol–water partition coefficient (Wildman–Crippen LogP) is 4.77. The van der Waals surface area contributed by atoms with E-state index in [2.05, 4.69) is 20.2 Å². The van der Waals surface area contributed by atoms with Gasteiger partial charge in [0, 0.05) is 25.3 Å². The second-order valence-corrected chi connectivity index (χ2v) is 13.5. The van der Waals surface area contributed by atoms with Crippen molar-refractivity contribution in [1.82, 2.24) is 33.8 Å². The molecule has 0 bridgehead atoms. The largest absolute Gasteiger partial charge is 0.416 e. The molecule has 3 aliphatic rings. The van der Waals surface area contributed by atoms with E-state index in [1.54, 1.807) is 30.1 Å². The Balaban J connectivity index is 1.33. The van der Waals surface area contributed by atoms with Gasteiger partial charge < -0.3 is 0 Å². The average molecular weight is 642 g/mol. The van der Waals surface area contributed by atoms with Gasteiger partial charge in [-0.05, 0) is 86.6 Å². The highest BCUT2D eigenvalue weighted by atomic mass is 32.2. The van der Waals surface area contributed by atoms with Crippen molar-refractivity contribution in [2.75, 3.05) is 0 Å². The molecule has 1 aromatic carbocycles. The standard InChI is InChI=1S/C30H27F4N7O3S/c1-39-17-36-28(38-39)45(43,44)41(23-8-9-23)24-5-2-19-13-26-18(16-37-40(26)22-6-3-21(31)4-7-22)14-29(19,15-24)27(42)25-12-20(10-11-35-25)30(32,33)34/h3-4,6-7,10-13,16-17,23-24H,2,5,8-9,14-15H2,1H3/t24-,29-/m0/s1. The van der Waals surface area contributed by atoms with Gasteiger partial charge in [-0.1, -0.05) is 5.57 Å². The summed E-state index contributed by atoms with van der Waals surface area (Å²) in [5, 5.41) is 8.18. The zero-order valence-electron chi connectivity index (χ0n) is 23.9. The molecule has 0 spiro atoms. The summed E-state index contributed by atoms with van der Waals surface area (Å²) >= 11 is 0. The summed E-state index contributed by atoms with van der Waals surface area (Å²) in [6.45, 7) is 0. The van der Waals surface area contributed by atoms with E-state index in [4.69, 9.17) is 0 Å². The number of rotatable bonds is 7. The zero-order valence-corrected chi connectivity index (χ0v) is 24.8. The van der Waals surface area contributed by atoms with Gasteiger partial charge in [0.15, 0.2) is 5.78 Å². The fourth-order valence-corrected chi connectivity index (χ4v) is 8.39. The number of hydrogen-bond acceptors (Lipinski definition) is 7. The molecule has 45 heavy (non-hydrogen) atoms. The molecule has 3 heterocycles. The van der Waals surface area contributed by atoms with Crippen LogP contribution in [0.3, 0.4) is 0 Å². The lowest BCUT2D eigenvalue weighted by molar-refractivity contribution is -0.137. The lowest BCUT2D eigenvalue weighted by atomic mass is 9.60. The molecule has 2 saturated carbocycles. The first kappa shape index (κ1) is 29.5. The molecule has 0 amide bonds. The number of alkyl halides is 3. The van der Waals surface area contributed by atoms with Crippen LogP contribution in [0.25, 0.3) is 11.8 Å². The minimum Gasteiger partial charge on any atom is -0.291 e. The number of benzene rings is 1. The van der Waals surface area contributed by atoms with Crippen molar-refractivity contribution in [3.8, 4) is 5.69 Å². The first-order valence-electron chi connectivity index (χ1n) is 14.4. The molecular weight excluding hydrogens is 614 g/mol. The Hall–Kier alpha value is -4.24. The topological polar surface area (TPSA) is 116 Å². The van der Waals surface area contributed by atoms with Crippen molar-refractivity contribution < 1.29 is 30.8 Å². The zero-order chi connectivity index (χ0) is 31.7. The number of ketones is 1. The summed E-state index contributed by atoms with van der Waals surface area (Å²) in [6.07, 6.45) is 3.01. The smallest absolute Gasteiger partial charge is 0.291 e. The van der Waals surface area contributed by atoms with E-state index in [0.29, 0.717) is 48.2 Å². The molecule has 2 atom stereocenters. The maximum Gasteiger partial charge on any atom is 0.416 e. The monoisotopic (exact) mass is 641 g/mol. The third-order valence-electron chi connectivity index (χ3n) is 8.81. The Morgan fingerprint density at radius 2 is 1.82 bits per heavy atom. The number of Topliss-reactive ketones (excluding diaryl/α,β-unsaturated/α-hetero) is 1. The Kier molecular flexibility index (Phi) is 6.82. The van der Waals surface area contributed by atoms with E-state index >= 15 is 0 Å². The summed E-state index contributed by atoms with van der Waals surface area (Å²) in [5.41, 5.74) is -0.170. The maximum atomic E-state index is 14.5. The lowest BCUT2D eigenvalue weighted by Gasteiger charge is -2.46. The number of aromatic nitrogens is 6. The molecular formula is C30H27F4N7O3S. The Bertz CT molecular complexity index is 1950. The molecule has 0 unspecified atom stereocenters. The van der Waals surface area contributed by atoms with E-state index < -0.39 is 44.8 Å². The second kappa shape index (κ2) is 10.4. The van der Waals surface area contributed by atoms with Crippen molar-refractivity contribution in [3.05, 3.63) is 89.0 Å². The Morgan fingerprint density at radius 3 is 2.49 bits per heavy atom. The van der Waals surface area contributed by atoms with Crippen LogP contribution in [0.5, 0.6) is 0 Å². The number of hydrogen-bond donors (Lipinski definition) is 0. The molecule has 234 valence electrons. The molecule has 0 aliphatic heterocycles. The third kappa shape index (κ3) is 5.07. The number of carbonyl (C=O) groups excluding carboxylic acids is 1. The van der Waals surface area contributed by atoms with Crippen LogP contribution in [0.4, 0.5) is 17.6 Å². The SMILES string of the molecule is Cn1cnc(S(=O)(=O)N(C2CC2)[C@H]2CCC3=Cc4c(cnn4-c4ccc(F)cc4)C[C@]3(C(=O)c3cc(C(F)(F)F)ccn3)C2)n1. The van der Waals surface area contributed by atoms with E-state index in [0.717, 1.165) is 18.3 Å². The van der Waals surface area contributed by atoms with Crippen LogP contribution >= 0.6 is 0 Å². The lowest BCUT2D eigenvalue weighted by Crippen LogP contribution is -2.51. The molecule has 2 fully saturated rings.